The molecular formula is C15H14F2N2O3. The second kappa shape index (κ2) is 6.38. The maximum atomic E-state index is 14.3. The van der Waals surface area contributed by atoms with Crippen LogP contribution >= 0.6 is 0 Å². The van der Waals surface area contributed by atoms with Crippen molar-refractivity contribution in [2.24, 2.45) is 0 Å². The van der Waals surface area contributed by atoms with Gasteiger partial charge in [-0.3, -0.25) is 9.78 Å². The zero-order chi connectivity index (χ0) is 16.2. The Hall–Kier alpha value is -2.70. The number of rotatable bonds is 5. The molecular weight excluding hydrogens is 294 g/mol. The highest BCUT2D eigenvalue weighted by Crippen LogP contribution is 2.36. The first-order valence-electron chi connectivity index (χ1n) is 6.31. The van der Waals surface area contributed by atoms with Crippen molar-refractivity contribution >= 4 is 11.6 Å². The third-order valence-corrected chi connectivity index (χ3v) is 2.97. The molecule has 0 unspecified atom stereocenters. The van der Waals surface area contributed by atoms with Gasteiger partial charge in [-0.25, -0.2) is 0 Å². The summed E-state index contributed by atoms with van der Waals surface area (Å²) in [4.78, 5) is 15.6. The van der Waals surface area contributed by atoms with E-state index in [0.29, 0.717) is 5.75 Å². The van der Waals surface area contributed by atoms with E-state index in [-0.39, 0.29) is 11.4 Å². The van der Waals surface area contributed by atoms with Gasteiger partial charge in [-0.2, -0.15) is 8.78 Å². The number of methoxy groups -OCH3 is 2. The third-order valence-electron chi connectivity index (χ3n) is 2.97. The summed E-state index contributed by atoms with van der Waals surface area (Å²) in [6, 6.07) is 6.35. The Balaban J connectivity index is 2.27. The summed E-state index contributed by atoms with van der Waals surface area (Å²) >= 11 is 0. The van der Waals surface area contributed by atoms with Gasteiger partial charge in [0.2, 0.25) is 0 Å². The molecule has 0 spiro atoms. The molecule has 0 aliphatic heterocycles. The number of alkyl halides is 2. The fourth-order valence-electron chi connectivity index (χ4n) is 1.81. The number of amides is 1. The number of hydrogen-bond donors (Lipinski definition) is 1. The van der Waals surface area contributed by atoms with Crippen LogP contribution in [-0.4, -0.2) is 25.1 Å². The van der Waals surface area contributed by atoms with Crippen molar-refractivity contribution in [2.45, 2.75) is 5.92 Å². The first-order valence-corrected chi connectivity index (χ1v) is 6.31. The first-order chi connectivity index (χ1) is 10.5. The number of nitrogens with one attached hydrogen (secondary N) is 1. The van der Waals surface area contributed by atoms with Crippen LogP contribution in [0.15, 0.2) is 42.7 Å². The van der Waals surface area contributed by atoms with E-state index >= 15 is 0 Å². The number of carbonyl (C=O) groups excluding carboxylic acids is 1. The van der Waals surface area contributed by atoms with E-state index in [1.807, 2.05) is 0 Å². The van der Waals surface area contributed by atoms with E-state index in [9.17, 15) is 13.6 Å². The van der Waals surface area contributed by atoms with Gasteiger partial charge in [0, 0.05) is 23.6 Å². The van der Waals surface area contributed by atoms with Crippen molar-refractivity contribution in [3.05, 3.63) is 48.3 Å². The number of pyridine rings is 1. The van der Waals surface area contributed by atoms with Crippen LogP contribution in [0.3, 0.4) is 0 Å². The van der Waals surface area contributed by atoms with E-state index in [1.54, 1.807) is 0 Å². The highest BCUT2D eigenvalue weighted by atomic mass is 19.3. The molecule has 0 saturated heterocycles. The van der Waals surface area contributed by atoms with Crippen LogP contribution in [0.2, 0.25) is 0 Å². The molecule has 7 heteroatoms. The van der Waals surface area contributed by atoms with Crippen molar-refractivity contribution in [1.82, 2.24) is 4.98 Å². The van der Waals surface area contributed by atoms with Gasteiger partial charge in [-0.15, -0.1) is 0 Å². The molecule has 22 heavy (non-hydrogen) atoms. The summed E-state index contributed by atoms with van der Waals surface area (Å²) < 4.78 is 38.5. The monoisotopic (exact) mass is 308 g/mol. The lowest BCUT2D eigenvalue weighted by molar-refractivity contribution is -0.140. The van der Waals surface area contributed by atoms with Gasteiger partial charge in [0.1, 0.15) is 0 Å². The normalized spacial score (nSPS) is 10.9. The van der Waals surface area contributed by atoms with E-state index in [1.165, 1.54) is 44.8 Å². The lowest BCUT2D eigenvalue weighted by Gasteiger charge is -2.18. The fourth-order valence-corrected chi connectivity index (χ4v) is 1.81. The smallest absolute Gasteiger partial charge is 0.350 e. The molecule has 5 nitrogen and oxygen atoms in total. The Labute approximate surface area is 125 Å². The first kappa shape index (κ1) is 15.7. The minimum Gasteiger partial charge on any atom is -0.493 e. The van der Waals surface area contributed by atoms with Crippen LogP contribution in [-0.2, 0) is 10.7 Å². The molecule has 1 aromatic heterocycles. The van der Waals surface area contributed by atoms with E-state index in [4.69, 9.17) is 9.47 Å². The minimum atomic E-state index is -3.72. The molecule has 1 amide bonds. The molecule has 1 heterocycles. The quantitative estimate of drug-likeness (QED) is 0.922. The standard InChI is InChI=1S/C15H14F2N2O3/c1-21-12-4-3-10(9-13(12)22-2)15(16,17)14(20)19-11-5-7-18-8-6-11/h3-9H,1-2H3,(H,18,19,20). The molecule has 2 aromatic rings. The number of carbonyl (C=O) groups is 1. The molecule has 0 fully saturated rings. The second-order valence-corrected chi connectivity index (χ2v) is 4.33. The number of ether oxygens (including phenoxy) is 2. The predicted octanol–water partition coefficient (Wildman–Crippen LogP) is 2.83. The highest BCUT2D eigenvalue weighted by Gasteiger charge is 2.41. The molecule has 0 bridgehead atoms. The van der Waals surface area contributed by atoms with E-state index < -0.39 is 17.4 Å². The van der Waals surface area contributed by atoms with Gasteiger partial charge < -0.3 is 14.8 Å². The lowest BCUT2D eigenvalue weighted by atomic mass is 10.1. The average Bonchev–Trinajstić information content (AvgIpc) is 2.54. The van der Waals surface area contributed by atoms with Crippen molar-refractivity contribution in [1.29, 1.82) is 0 Å². The maximum absolute atomic E-state index is 14.3. The number of halogens is 2. The molecule has 0 atom stereocenters. The Kier molecular flexibility index (Phi) is 4.55. The Morgan fingerprint density at radius 3 is 2.32 bits per heavy atom. The van der Waals surface area contributed by atoms with Crippen molar-refractivity contribution in [2.75, 3.05) is 19.5 Å². The topological polar surface area (TPSA) is 60.5 Å². The lowest BCUT2D eigenvalue weighted by Crippen LogP contribution is -2.32. The summed E-state index contributed by atoms with van der Waals surface area (Å²) in [5.74, 6) is -4.73. The molecule has 0 aliphatic carbocycles. The maximum Gasteiger partial charge on any atom is 0.350 e. The van der Waals surface area contributed by atoms with Gasteiger partial charge >= 0.3 is 5.92 Å². The molecule has 0 saturated carbocycles. The van der Waals surface area contributed by atoms with E-state index in [0.717, 1.165) is 12.1 Å². The summed E-state index contributed by atoms with van der Waals surface area (Å²) in [5, 5.41) is 2.15. The Bertz CT molecular complexity index is 663. The van der Waals surface area contributed by atoms with Gasteiger partial charge in [0.15, 0.2) is 11.5 Å². The van der Waals surface area contributed by atoms with Gasteiger partial charge in [-0.05, 0) is 30.3 Å². The van der Waals surface area contributed by atoms with Crippen LogP contribution in [0.1, 0.15) is 5.56 Å². The van der Waals surface area contributed by atoms with Crippen LogP contribution in [0.4, 0.5) is 14.5 Å². The van der Waals surface area contributed by atoms with Crippen molar-refractivity contribution in [3.63, 3.8) is 0 Å². The number of nitrogens with zero attached hydrogens (tertiary/aromatic N) is 1. The summed E-state index contributed by atoms with van der Waals surface area (Å²) in [5.41, 5.74) is -0.253. The van der Waals surface area contributed by atoms with Crippen LogP contribution in [0.25, 0.3) is 0 Å². The average molecular weight is 308 g/mol. The van der Waals surface area contributed by atoms with Crippen LogP contribution in [0, 0.1) is 0 Å². The zero-order valence-electron chi connectivity index (χ0n) is 12.0. The molecule has 1 aromatic carbocycles. The molecule has 2 rings (SSSR count). The third kappa shape index (κ3) is 3.13. The predicted molar refractivity (Wildman–Crippen MR) is 76.3 cm³/mol. The molecule has 0 aliphatic rings. The Morgan fingerprint density at radius 2 is 1.73 bits per heavy atom. The number of benzene rings is 1. The number of aromatic nitrogens is 1. The number of hydrogen-bond acceptors (Lipinski definition) is 4. The molecule has 1 N–H and O–H groups in total. The number of anilines is 1. The summed E-state index contributed by atoms with van der Waals surface area (Å²) in [6.07, 6.45) is 2.79. The minimum absolute atomic E-state index is 0.122. The fraction of sp³-hybridized carbons (Fsp3) is 0.200. The second-order valence-electron chi connectivity index (χ2n) is 4.33. The van der Waals surface area contributed by atoms with E-state index in [2.05, 4.69) is 10.3 Å². The molecule has 0 radical (unpaired) electrons. The zero-order valence-corrected chi connectivity index (χ0v) is 12.0. The largest absolute Gasteiger partial charge is 0.493 e. The summed E-state index contributed by atoms with van der Waals surface area (Å²) in [6.45, 7) is 0. The summed E-state index contributed by atoms with van der Waals surface area (Å²) in [7, 11) is 2.72. The highest BCUT2D eigenvalue weighted by molar-refractivity contribution is 5.96. The van der Waals surface area contributed by atoms with Crippen LogP contribution < -0.4 is 14.8 Å². The molecule has 116 valence electrons. The van der Waals surface area contributed by atoms with Crippen molar-refractivity contribution < 1.29 is 23.0 Å². The Morgan fingerprint density at radius 1 is 1.09 bits per heavy atom. The van der Waals surface area contributed by atoms with Gasteiger partial charge in [0.05, 0.1) is 14.2 Å². The van der Waals surface area contributed by atoms with Gasteiger partial charge in [-0.1, -0.05) is 0 Å². The SMILES string of the molecule is COc1ccc(C(F)(F)C(=O)Nc2ccncc2)cc1OC. The van der Waals surface area contributed by atoms with Crippen molar-refractivity contribution in [3.8, 4) is 11.5 Å². The van der Waals surface area contributed by atoms with Gasteiger partial charge in [0.25, 0.3) is 5.91 Å². The van der Waals surface area contributed by atoms with Crippen LogP contribution in [0.5, 0.6) is 11.5 Å².